The molecule has 24 heavy (non-hydrogen) atoms. The first-order valence-electron chi connectivity index (χ1n) is 7.34. The largest absolute Gasteiger partial charge is 0.502 e. The number of amides is 1. The van der Waals surface area contributed by atoms with Crippen molar-refractivity contribution in [1.82, 2.24) is 5.43 Å². The molecule has 0 aliphatic carbocycles. The zero-order valence-electron chi connectivity index (χ0n) is 13.7. The van der Waals surface area contributed by atoms with Crippen LogP contribution in [0.25, 0.3) is 0 Å². The third-order valence-corrected chi connectivity index (χ3v) is 3.53. The van der Waals surface area contributed by atoms with Crippen molar-refractivity contribution in [2.24, 2.45) is 5.10 Å². The Bertz CT molecular complexity index is 840. The summed E-state index contributed by atoms with van der Waals surface area (Å²) in [6, 6.07) is 6.65. The van der Waals surface area contributed by atoms with Gasteiger partial charge in [-0.05, 0) is 37.1 Å². The van der Waals surface area contributed by atoms with Gasteiger partial charge >= 0.3 is 0 Å². The smallest absolute Gasteiger partial charge is 0.272 e. The minimum atomic E-state index is -0.574. The Morgan fingerprint density at radius 3 is 2.67 bits per heavy atom. The quantitative estimate of drug-likeness (QED) is 0.572. The first-order valence-corrected chi connectivity index (χ1v) is 7.34. The lowest BCUT2D eigenvalue weighted by Gasteiger charge is -2.10. The molecule has 0 radical (unpaired) electrons. The number of carbonyl (C=O) groups is 1. The second-order valence-corrected chi connectivity index (χ2v) is 5.27. The molecular weight excluding hydrogens is 310 g/mol. The van der Waals surface area contributed by atoms with Gasteiger partial charge in [-0.2, -0.15) is 5.10 Å². The summed E-state index contributed by atoms with van der Waals surface area (Å²) in [5.41, 5.74) is 4.83. The molecule has 126 valence electrons. The lowest BCUT2D eigenvalue weighted by atomic mass is 10.1. The molecule has 0 fully saturated rings. The van der Waals surface area contributed by atoms with Gasteiger partial charge in [-0.25, -0.2) is 0 Å². The highest BCUT2D eigenvalue weighted by Gasteiger charge is 2.18. The number of hydrogen-bond acceptors (Lipinski definition) is 6. The number of aromatic hydroxyl groups is 1. The fraction of sp³-hybridized carbons (Fsp3) is 0.235. The molecule has 7 heteroatoms. The Hall–Kier alpha value is -3.09. The Morgan fingerprint density at radius 2 is 2.00 bits per heavy atom. The van der Waals surface area contributed by atoms with Crippen molar-refractivity contribution in [2.45, 2.75) is 20.3 Å². The van der Waals surface area contributed by atoms with E-state index in [4.69, 9.17) is 4.42 Å². The topological polar surface area (TPSA) is 104 Å². The standard InChI is InChI=1S/C17H19N3O4/c1-10-4-5-12(8-11(10)2)19-17(23)13(20-18-3)9-15-16(22)14(21)6-7-24-15/h4-8,18,22H,9H2,1-3H3,(H,19,23)/b20-13+. The number of benzene rings is 1. The minimum absolute atomic E-state index is 0.0215. The van der Waals surface area contributed by atoms with Crippen molar-refractivity contribution >= 4 is 17.3 Å². The number of nitrogens with one attached hydrogen (secondary N) is 2. The van der Waals surface area contributed by atoms with Gasteiger partial charge in [0.25, 0.3) is 5.91 Å². The van der Waals surface area contributed by atoms with E-state index in [1.807, 2.05) is 26.0 Å². The Labute approximate surface area is 139 Å². The Kier molecular flexibility index (Phi) is 5.36. The molecule has 0 bridgehead atoms. The van der Waals surface area contributed by atoms with Crippen LogP contribution in [-0.2, 0) is 11.2 Å². The maximum absolute atomic E-state index is 12.4. The molecule has 1 heterocycles. The van der Waals surface area contributed by atoms with Gasteiger partial charge in [0.15, 0.2) is 5.76 Å². The molecule has 7 nitrogen and oxygen atoms in total. The zero-order chi connectivity index (χ0) is 17.7. The molecule has 0 unspecified atom stereocenters. The SMILES string of the molecule is CN/N=C(\Cc1occc(=O)c1O)C(=O)Nc1ccc(C)c(C)c1. The van der Waals surface area contributed by atoms with Crippen molar-refractivity contribution in [3.05, 3.63) is 57.6 Å². The number of anilines is 1. The predicted octanol–water partition coefficient (Wildman–Crippen LogP) is 1.72. The van der Waals surface area contributed by atoms with E-state index in [0.717, 1.165) is 23.5 Å². The molecule has 1 aromatic heterocycles. The molecule has 0 saturated carbocycles. The summed E-state index contributed by atoms with van der Waals surface area (Å²) in [7, 11) is 1.55. The molecule has 3 N–H and O–H groups in total. The highest BCUT2D eigenvalue weighted by atomic mass is 16.4. The summed E-state index contributed by atoms with van der Waals surface area (Å²) >= 11 is 0. The van der Waals surface area contributed by atoms with E-state index in [-0.39, 0.29) is 17.9 Å². The summed E-state index contributed by atoms with van der Waals surface area (Å²) in [4.78, 5) is 23.9. The molecular formula is C17H19N3O4. The van der Waals surface area contributed by atoms with Gasteiger partial charge < -0.3 is 20.3 Å². The molecule has 0 atom stereocenters. The van der Waals surface area contributed by atoms with Gasteiger partial charge in [0.2, 0.25) is 11.2 Å². The molecule has 0 saturated heterocycles. The van der Waals surface area contributed by atoms with E-state index >= 15 is 0 Å². The fourth-order valence-corrected chi connectivity index (χ4v) is 2.06. The zero-order valence-corrected chi connectivity index (χ0v) is 13.7. The summed E-state index contributed by atoms with van der Waals surface area (Å²) in [5.74, 6) is -1.01. The van der Waals surface area contributed by atoms with Crippen molar-refractivity contribution < 1.29 is 14.3 Å². The van der Waals surface area contributed by atoms with Gasteiger partial charge in [0, 0.05) is 18.8 Å². The van der Waals surface area contributed by atoms with Crippen LogP contribution in [0.15, 0.2) is 44.8 Å². The van der Waals surface area contributed by atoms with E-state index < -0.39 is 17.1 Å². The summed E-state index contributed by atoms with van der Waals surface area (Å²) in [6.45, 7) is 3.93. The van der Waals surface area contributed by atoms with Crippen LogP contribution in [-0.4, -0.2) is 23.8 Å². The molecule has 1 aromatic carbocycles. The van der Waals surface area contributed by atoms with E-state index in [1.165, 1.54) is 0 Å². The highest BCUT2D eigenvalue weighted by molar-refractivity contribution is 6.43. The molecule has 0 aliphatic rings. The highest BCUT2D eigenvalue weighted by Crippen LogP contribution is 2.16. The fourth-order valence-electron chi connectivity index (χ4n) is 2.06. The third-order valence-electron chi connectivity index (χ3n) is 3.53. The lowest BCUT2D eigenvalue weighted by Crippen LogP contribution is -2.27. The van der Waals surface area contributed by atoms with Crippen molar-refractivity contribution in [3.8, 4) is 5.75 Å². The number of carbonyl (C=O) groups excluding carboxylic acids is 1. The summed E-state index contributed by atoms with van der Waals surface area (Å²) < 4.78 is 5.11. The van der Waals surface area contributed by atoms with Crippen LogP contribution >= 0.6 is 0 Å². The summed E-state index contributed by atoms with van der Waals surface area (Å²) in [6.07, 6.45) is 1.04. The number of hydrazone groups is 1. The Balaban J connectivity index is 2.22. The lowest BCUT2D eigenvalue weighted by molar-refractivity contribution is -0.110. The molecule has 0 spiro atoms. The number of nitrogens with zero attached hydrogens (tertiary/aromatic N) is 1. The second-order valence-electron chi connectivity index (χ2n) is 5.27. The van der Waals surface area contributed by atoms with Gasteiger partial charge in [-0.1, -0.05) is 6.07 Å². The van der Waals surface area contributed by atoms with E-state index in [2.05, 4.69) is 15.8 Å². The van der Waals surface area contributed by atoms with Gasteiger partial charge in [-0.15, -0.1) is 0 Å². The first kappa shape index (κ1) is 17.3. The van der Waals surface area contributed by atoms with Crippen molar-refractivity contribution in [2.75, 3.05) is 12.4 Å². The van der Waals surface area contributed by atoms with E-state index in [9.17, 15) is 14.7 Å². The van der Waals surface area contributed by atoms with E-state index in [1.54, 1.807) is 13.1 Å². The average Bonchev–Trinajstić information content (AvgIpc) is 2.54. The first-order chi connectivity index (χ1) is 11.4. The van der Waals surface area contributed by atoms with Crippen LogP contribution in [0.2, 0.25) is 0 Å². The van der Waals surface area contributed by atoms with Crippen LogP contribution in [0.3, 0.4) is 0 Å². The molecule has 2 rings (SSSR count). The predicted molar refractivity (Wildman–Crippen MR) is 91.4 cm³/mol. The molecule has 1 amide bonds. The average molecular weight is 329 g/mol. The number of hydrogen-bond donors (Lipinski definition) is 3. The third kappa shape index (κ3) is 4.01. The van der Waals surface area contributed by atoms with Crippen molar-refractivity contribution in [3.63, 3.8) is 0 Å². The normalized spacial score (nSPS) is 11.2. The second kappa shape index (κ2) is 7.45. The number of rotatable bonds is 5. The van der Waals surface area contributed by atoms with Gasteiger partial charge in [0.05, 0.1) is 12.7 Å². The van der Waals surface area contributed by atoms with Gasteiger partial charge in [0.1, 0.15) is 5.71 Å². The maximum atomic E-state index is 12.4. The number of aryl methyl sites for hydroxylation is 2. The molecule has 0 aliphatic heterocycles. The van der Waals surface area contributed by atoms with Crippen molar-refractivity contribution in [1.29, 1.82) is 0 Å². The van der Waals surface area contributed by atoms with Crippen LogP contribution in [0, 0.1) is 13.8 Å². The molecule has 2 aromatic rings. The monoisotopic (exact) mass is 329 g/mol. The Morgan fingerprint density at radius 1 is 1.25 bits per heavy atom. The van der Waals surface area contributed by atoms with Crippen LogP contribution in [0.1, 0.15) is 16.9 Å². The minimum Gasteiger partial charge on any atom is -0.502 e. The summed E-state index contributed by atoms with van der Waals surface area (Å²) in [5, 5.41) is 16.4. The van der Waals surface area contributed by atoms with Gasteiger partial charge in [-0.3, -0.25) is 9.59 Å². The van der Waals surface area contributed by atoms with Crippen LogP contribution in [0.5, 0.6) is 5.75 Å². The van der Waals surface area contributed by atoms with Crippen LogP contribution in [0.4, 0.5) is 5.69 Å². The van der Waals surface area contributed by atoms with Crippen LogP contribution < -0.4 is 16.2 Å². The van der Waals surface area contributed by atoms with E-state index in [0.29, 0.717) is 5.69 Å². The maximum Gasteiger partial charge on any atom is 0.272 e.